The predicted molar refractivity (Wildman–Crippen MR) is 19.1 cm³/mol. The van der Waals surface area contributed by atoms with Crippen LogP contribution in [0.25, 0.3) is 0 Å². The van der Waals surface area contributed by atoms with Gasteiger partial charge in [0.05, 0.1) is 0 Å². The summed E-state index contributed by atoms with van der Waals surface area (Å²) in [7, 11) is 4.21. The molecule has 0 aromatic carbocycles. The van der Waals surface area contributed by atoms with Crippen LogP contribution in [0.3, 0.4) is 0 Å². The minimum absolute atomic E-state index is 0. The fourth-order valence-corrected chi connectivity index (χ4v) is 0. The van der Waals surface area contributed by atoms with E-state index in [1.54, 1.807) is 0 Å². The molecule has 0 amide bonds. The van der Waals surface area contributed by atoms with Crippen LogP contribution in [0.4, 0.5) is 0 Å². The third-order valence-corrected chi connectivity index (χ3v) is 0. The van der Waals surface area contributed by atoms with Crippen molar-refractivity contribution in [3.63, 3.8) is 0 Å². The van der Waals surface area contributed by atoms with Crippen molar-refractivity contribution in [3.8, 4) is 0 Å². The summed E-state index contributed by atoms with van der Waals surface area (Å²) >= 11 is 0.933. The third-order valence-electron chi connectivity index (χ3n) is 0. The molecule has 4 heteroatoms. The van der Waals surface area contributed by atoms with Crippen LogP contribution >= 0.6 is 8.92 Å². The Bertz CT molecular complexity index is 6.00. The van der Waals surface area contributed by atoms with Crippen LogP contribution in [0.5, 0.6) is 0 Å². The molecule has 0 aliphatic carbocycles. The van der Waals surface area contributed by atoms with Gasteiger partial charge in [-0.25, -0.2) is 0 Å². The van der Waals surface area contributed by atoms with E-state index in [4.69, 9.17) is 0 Å². The second kappa shape index (κ2) is 17.9. The molecule has 23 valence electrons. The Morgan fingerprint density at radius 2 is 1.25 bits per heavy atom. The van der Waals surface area contributed by atoms with E-state index in [0.717, 1.165) is 22.4 Å². The van der Waals surface area contributed by atoms with E-state index in [9.17, 15) is 0 Å². The topological polar surface area (TPSA) is 0 Å². The Hall–Kier alpha value is 2.48. The van der Waals surface area contributed by atoms with E-state index in [1.807, 2.05) is 0 Å². The van der Waals surface area contributed by atoms with E-state index in [2.05, 4.69) is 8.92 Å². The van der Waals surface area contributed by atoms with Crippen LogP contribution in [0.15, 0.2) is 0 Å². The van der Waals surface area contributed by atoms with Crippen LogP contribution in [0.2, 0.25) is 0 Å². The summed E-state index contributed by atoms with van der Waals surface area (Å²) in [4.78, 5) is 0. The zero-order chi connectivity index (χ0) is 2.00. The van der Waals surface area contributed by atoms with Gasteiger partial charge in [-0.15, -0.1) is 0 Å². The van der Waals surface area contributed by atoms with Gasteiger partial charge < -0.3 is 0 Å². The van der Waals surface area contributed by atoms with Crippen molar-refractivity contribution in [2.24, 2.45) is 0 Å². The van der Waals surface area contributed by atoms with Crippen LogP contribution in [-0.2, 0) is 17.1 Å². The Balaban J connectivity index is -0.00000000500. The summed E-state index contributed by atoms with van der Waals surface area (Å²) in [6.07, 6.45) is 0. The van der Waals surface area contributed by atoms with Gasteiger partial charge in [0.15, 0.2) is 0 Å². The molecular formula is CuIn2S. The molecule has 0 saturated heterocycles. The van der Waals surface area contributed by atoms with Gasteiger partial charge in [-0.3, -0.25) is 0 Å². The Labute approximate surface area is 72.9 Å². The zero-order valence-electron chi connectivity index (χ0n) is 1.86. The average Bonchev–Trinajstić information content (AvgIpc) is 1.00. The molecule has 0 aliphatic heterocycles. The van der Waals surface area contributed by atoms with Crippen molar-refractivity contribution < 1.29 is 17.1 Å². The fourth-order valence-electron chi connectivity index (χ4n) is 0. The van der Waals surface area contributed by atoms with Crippen molar-refractivity contribution in [1.82, 2.24) is 0 Å². The number of rotatable bonds is 0. The predicted octanol–water partition coefficient (Wildman–Crippen LogP) is -0.116. The Morgan fingerprint density at radius 1 is 1.25 bits per heavy atom. The van der Waals surface area contributed by atoms with Crippen molar-refractivity contribution in [1.29, 1.82) is 0 Å². The average molecular weight is 325 g/mol. The van der Waals surface area contributed by atoms with Crippen LogP contribution < -0.4 is 0 Å². The zero-order valence-corrected chi connectivity index (χ0v) is 10.2. The first kappa shape index (κ1) is 16.1. The van der Waals surface area contributed by atoms with Gasteiger partial charge >= 0.3 is 31.3 Å². The van der Waals surface area contributed by atoms with Crippen LogP contribution in [-0.4, -0.2) is 48.2 Å². The summed E-state index contributed by atoms with van der Waals surface area (Å²) in [5.41, 5.74) is 0. The normalized spacial score (nSPS) is 0.750. The maximum atomic E-state index is 4.21. The van der Waals surface area contributed by atoms with Gasteiger partial charge in [0.1, 0.15) is 0 Å². The molecule has 0 N–H and O–H groups in total. The molecule has 0 aliphatic rings. The van der Waals surface area contributed by atoms with Gasteiger partial charge in [-0.05, 0) is 0 Å². The fraction of sp³-hybridized carbons (Fsp3) is 0. The van der Waals surface area contributed by atoms with Crippen molar-refractivity contribution in [2.45, 2.75) is 0 Å². The maximum absolute atomic E-state index is 4.21. The second-order valence-corrected chi connectivity index (χ2v) is 0. The van der Waals surface area contributed by atoms with E-state index in [-0.39, 0.29) is 42.9 Å². The monoisotopic (exact) mass is 325 g/mol. The molecule has 0 atom stereocenters. The first-order valence-corrected chi connectivity index (χ1v) is 4.74. The summed E-state index contributed by atoms with van der Waals surface area (Å²) in [6.45, 7) is 0. The third kappa shape index (κ3) is 8.82. The standard InChI is InChI=1S/Cu.2In.S. The van der Waals surface area contributed by atoms with Crippen molar-refractivity contribution >= 4 is 57.1 Å². The van der Waals surface area contributed by atoms with Crippen molar-refractivity contribution in [3.05, 3.63) is 0 Å². The molecular weight excluding hydrogens is 325 g/mol. The Kier molecular flexibility index (Phi) is 71.8. The molecule has 4 heavy (non-hydrogen) atoms. The summed E-state index contributed by atoms with van der Waals surface area (Å²) < 4.78 is 0. The molecule has 0 spiro atoms. The molecule has 0 saturated carbocycles. The first-order chi connectivity index (χ1) is 1.00. The molecule has 0 aromatic rings. The van der Waals surface area contributed by atoms with Gasteiger partial charge in [-0.2, -0.15) is 0 Å². The molecule has 0 rings (SSSR count). The molecule has 0 fully saturated rings. The van der Waals surface area contributed by atoms with Gasteiger partial charge in [0, 0.05) is 42.9 Å². The molecule has 0 bridgehead atoms. The summed E-state index contributed by atoms with van der Waals surface area (Å²) in [6, 6.07) is 0. The molecule has 5 radical (unpaired) electrons. The van der Waals surface area contributed by atoms with Crippen LogP contribution in [0, 0.1) is 0 Å². The molecule has 0 nitrogen and oxygen atoms in total. The quantitative estimate of drug-likeness (QED) is 0.560. The van der Waals surface area contributed by atoms with E-state index >= 15 is 0 Å². The van der Waals surface area contributed by atoms with Gasteiger partial charge in [-0.1, -0.05) is 0 Å². The van der Waals surface area contributed by atoms with E-state index < -0.39 is 0 Å². The first-order valence-electron chi connectivity index (χ1n) is 0.236. The summed E-state index contributed by atoms with van der Waals surface area (Å²) in [5, 5.41) is 0. The van der Waals surface area contributed by atoms with E-state index in [1.165, 1.54) is 0 Å². The summed E-state index contributed by atoms with van der Waals surface area (Å²) in [5.74, 6) is 0. The molecule has 0 unspecified atom stereocenters. The number of hydrogen-bond donors (Lipinski definition) is 0. The van der Waals surface area contributed by atoms with Gasteiger partial charge in [0.2, 0.25) is 0 Å². The second-order valence-electron chi connectivity index (χ2n) is 0. The van der Waals surface area contributed by atoms with E-state index in [0.29, 0.717) is 0 Å². The van der Waals surface area contributed by atoms with Crippen LogP contribution in [0.1, 0.15) is 0 Å². The van der Waals surface area contributed by atoms with Gasteiger partial charge in [0.25, 0.3) is 0 Å². The number of hydrogen-bond acceptors (Lipinski definition) is 1. The molecule has 0 aromatic heterocycles. The Morgan fingerprint density at radius 3 is 1.25 bits per heavy atom. The van der Waals surface area contributed by atoms with Crippen molar-refractivity contribution in [2.75, 3.05) is 0 Å². The molecule has 0 heterocycles. The minimum atomic E-state index is 0. The SMILES string of the molecule is [Cu].[In].[S]=[In].